The van der Waals surface area contributed by atoms with Crippen molar-refractivity contribution in [3.8, 4) is 0 Å². The molecule has 0 unspecified atom stereocenters. The lowest BCUT2D eigenvalue weighted by molar-refractivity contribution is -0.387. The molecule has 2 rings (SSSR count). The zero-order valence-corrected chi connectivity index (χ0v) is 12.3. The van der Waals surface area contributed by atoms with Crippen molar-refractivity contribution in [2.75, 3.05) is 17.2 Å². The SMILES string of the molecule is O=C(CNC(=O)Nc1ccccc1)Nc1ccc(F)c([N+](=O)[O-])c1. The minimum atomic E-state index is -1.00. The highest BCUT2D eigenvalue weighted by atomic mass is 19.1. The summed E-state index contributed by atoms with van der Waals surface area (Å²) in [7, 11) is 0. The number of hydrogen-bond acceptors (Lipinski definition) is 4. The fraction of sp³-hybridized carbons (Fsp3) is 0.0667. The minimum absolute atomic E-state index is 0.0540. The summed E-state index contributed by atoms with van der Waals surface area (Å²) in [6.07, 6.45) is 0. The quantitative estimate of drug-likeness (QED) is 0.576. The van der Waals surface area contributed by atoms with Crippen LogP contribution in [-0.4, -0.2) is 23.4 Å². The standard InChI is InChI=1S/C15H13FN4O4/c16-12-7-6-11(8-13(12)20(23)24)18-14(21)9-17-15(22)19-10-4-2-1-3-5-10/h1-8H,9H2,(H,18,21)(H2,17,19,22). The number of nitrogens with one attached hydrogen (secondary N) is 3. The first kappa shape index (κ1) is 16.9. The Balaban J connectivity index is 1.86. The van der Waals surface area contributed by atoms with Crippen molar-refractivity contribution in [3.05, 3.63) is 64.5 Å². The van der Waals surface area contributed by atoms with Gasteiger partial charge in [-0.05, 0) is 24.3 Å². The molecule has 0 fully saturated rings. The summed E-state index contributed by atoms with van der Waals surface area (Å²) in [6.45, 7) is -0.357. The van der Waals surface area contributed by atoms with Crippen LogP contribution >= 0.6 is 0 Å². The van der Waals surface area contributed by atoms with Crippen LogP contribution in [0.4, 0.5) is 26.2 Å². The van der Waals surface area contributed by atoms with Gasteiger partial charge in [-0.2, -0.15) is 4.39 Å². The van der Waals surface area contributed by atoms with Crippen LogP contribution in [0, 0.1) is 15.9 Å². The molecule has 0 atom stereocenters. The molecule has 3 N–H and O–H groups in total. The van der Waals surface area contributed by atoms with E-state index in [0.29, 0.717) is 5.69 Å². The normalized spacial score (nSPS) is 9.88. The summed E-state index contributed by atoms with van der Waals surface area (Å²) >= 11 is 0. The van der Waals surface area contributed by atoms with Crippen molar-refractivity contribution in [1.29, 1.82) is 0 Å². The highest BCUT2D eigenvalue weighted by Crippen LogP contribution is 2.21. The Labute approximate surface area is 135 Å². The van der Waals surface area contributed by atoms with E-state index in [1.54, 1.807) is 30.3 Å². The lowest BCUT2D eigenvalue weighted by Crippen LogP contribution is -2.35. The number of nitro groups is 1. The largest absolute Gasteiger partial charge is 0.329 e. The summed E-state index contributed by atoms with van der Waals surface area (Å²) < 4.78 is 13.2. The molecule has 0 aliphatic heterocycles. The molecule has 0 spiro atoms. The number of urea groups is 1. The van der Waals surface area contributed by atoms with Gasteiger partial charge >= 0.3 is 11.7 Å². The van der Waals surface area contributed by atoms with E-state index in [9.17, 15) is 24.1 Å². The van der Waals surface area contributed by atoms with E-state index in [0.717, 1.165) is 12.1 Å². The van der Waals surface area contributed by atoms with Crippen LogP contribution in [0.25, 0.3) is 0 Å². The Morgan fingerprint density at radius 1 is 1.04 bits per heavy atom. The number of rotatable bonds is 5. The second kappa shape index (κ2) is 7.68. The molecule has 0 saturated heterocycles. The topological polar surface area (TPSA) is 113 Å². The zero-order valence-electron chi connectivity index (χ0n) is 12.3. The van der Waals surface area contributed by atoms with Gasteiger partial charge in [-0.15, -0.1) is 0 Å². The molecule has 0 aliphatic carbocycles. The van der Waals surface area contributed by atoms with Crippen molar-refractivity contribution >= 4 is 29.0 Å². The number of hydrogen-bond donors (Lipinski definition) is 3. The maximum absolute atomic E-state index is 13.2. The van der Waals surface area contributed by atoms with E-state index in [4.69, 9.17) is 0 Å². The van der Waals surface area contributed by atoms with Crippen LogP contribution in [0.1, 0.15) is 0 Å². The molecule has 0 aliphatic rings. The highest BCUT2D eigenvalue weighted by molar-refractivity contribution is 5.97. The molecule has 9 heteroatoms. The van der Waals surface area contributed by atoms with Crippen molar-refractivity contribution in [1.82, 2.24) is 5.32 Å². The minimum Gasteiger partial charge on any atom is -0.329 e. The number of benzene rings is 2. The first-order chi connectivity index (χ1) is 11.5. The van der Waals surface area contributed by atoms with Crippen molar-refractivity contribution in [2.45, 2.75) is 0 Å². The molecular formula is C15H13FN4O4. The summed E-state index contributed by atoms with van der Waals surface area (Å²) in [6, 6.07) is 11.0. The highest BCUT2D eigenvalue weighted by Gasteiger charge is 2.15. The maximum Gasteiger partial charge on any atom is 0.319 e. The summed E-state index contributed by atoms with van der Waals surface area (Å²) in [5.41, 5.74) is -0.134. The Bertz CT molecular complexity index is 767. The van der Waals surface area contributed by atoms with Crippen LogP contribution in [0.5, 0.6) is 0 Å². The molecule has 0 bridgehead atoms. The number of nitro benzene ring substituents is 1. The van der Waals surface area contributed by atoms with Crippen molar-refractivity contribution < 1.29 is 18.9 Å². The third-order valence-corrected chi connectivity index (χ3v) is 2.87. The molecule has 3 amide bonds. The van der Waals surface area contributed by atoms with Crippen LogP contribution in [0.15, 0.2) is 48.5 Å². The van der Waals surface area contributed by atoms with E-state index in [-0.39, 0.29) is 12.2 Å². The predicted octanol–water partition coefficient (Wildman–Crippen LogP) is 2.49. The van der Waals surface area contributed by atoms with E-state index in [2.05, 4.69) is 16.0 Å². The second-order valence-electron chi connectivity index (χ2n) is 4.65. The summed E-state index contributed by atoms with van der Waals surface area (Å²) in [5.74, 6) is -1.61. The number of halogens is 1. The summed E-state index contributed by atoms with van der Waals surface area (Å²) in [5, 5.41) is 17.8. The van der Waals surface area contributed by atoms with Gasteiger partial charge in [0.2, 0.25) is 11.7 Å². The number of carbonyl (C=O) groups excluding carboxylic acids is 2. The van der Waals surface area contributed by atoms with E-state index in [1.807, 2.05) is 0 Å². The average Bonchev–Trinajstić information content (AvgIpc) is 2.55. The van der Waals surface area contributed by atoms with Crippen molar-refractivity contribution in [2.24, 2.45) is 0 Å². The molecule has 0 heterocycles. The van der Waals surface area contributed by atoms with E-state index >= 15 is 0 Å². The second-order valence-corrected chi connectivity index (χ2v) is 4.65. The molecule has 2 aromatic rings. The average molecular weight is 332 g/mol. The monoisotopic (exact) mass is 332 g/mol. The van der Waals surface area contributed by atoms with Gasteiger partial charge in [-0.3, -0.25) is 14.9 Å². The lowest BCUT2D eigenvalue weighted by atomic mass is 10.2. The van der Waals surface area contributed by atoms with Crippen LogP contribution in [-0.2, 0) is 4.79 Å². The third kappa shape index (κ3) is 4.77. The first-order valence-electron chi connectivity index (χ1n) is 6.79. The van der Waals surface area contributed by atoms with Gasteiger partial charge < -0.3 is 16.0 Å². The first-order valence-corrected chi connectivity index (χ1v) is 6.79. The molecular weight excluding hydrogens is 319 g/mol. The predicted molar refractivity (Wildman–Crippen MR) is 85.1 cm³/mol. The molecule has 8 nitrogen and oxygen atoms in total. The van der Waals surface area contributed by atoms with Gasteiger partial charge in [0, 0.05) is 17.4 Å². The van der Waals surface area contributed by atoms with Gasteiger partial charge in [0.1, 0.15) is 0 Å². The zero-order chi connectivity index (χ0) is 17.5. The number of anilines is 2. The van der Waals surface area contributed by atoms with Crippen LogP contribution < -0.4 is 16.0 Å². The van der Waals surface area contributed by atoms with Gasteiger partial charge in [-0.25, -0.2) is 4.79 Å². The molecule has 124 valence electrons. The van der Waals surface area contributed by atoms with E-state index < -0.39 is 28.4 Å². The van der Waals surface area contributed by atoms with Crippen molar-refractivity contribution in [3.63, 3.8) is 0 Å². The van der Waals surface area contributed by atoms with Gasteiger partial charge in [0.25, 0.3) is 0 Å². The fourth-order valence-corrected chi connectivity index (χ4v) is 1.79. The fourth-order valence-electron chi connectivity index (χ4n) is 1.79. The number of amides is 3. The molecule has 24 heavy (non-hydrogen) atoms. The number of nitrogens with zero attached hydrogens (tertiary/aromatic N) is 1. The Morgan fingerprint density at radius 2 is 1.75 bits per heavy atom. The van der Waals surface area contributed by atoms with Gasteiger partial charge in [0.05, 0.1) is 11.5 Å². The van der Waals surface area contributed by atoms with E-state index in [1.165, 1.54) is 6.07 Å². The molecule has 0 aromatic heterocycles. The third-order valence-electron chi connectivity index (χ3n) is 2.87. The van der Waals surface area contributed by atoms with Gasteiger partial charge in [-0.1, -0.05) is 18.2 Å². The Kier molecular flexibility index (Phi) is 5.40. The van der Waals surface area contributed by atoms with Gasteiger partial charge in [0.15, 0.2) is 0 Å². The van der Waals surface area contributed by atoms with Crippen LogP contribution in [0.2, 0.25) is 0 Å². The molecule has 0 radical (unpaired) electrons. The summed E-state index contributed by atoms with van der Waals surface area (Å²) in [4.78, 5) is 33.1. The molecule has 2 aromatic carbocycles. The number of carbonyl (C=O) groups is 2. The lowest BCUT2D eigenvalue weighted by Gasteiger charge is -2.08. The maximum atomic E-state index is 13.2. The smallest absolute Gasteiger partial charge is 0.319 e. The molecule has 0 saturated carbocycles. The Morgan fingerprint density at radius 3 is 2.42 bits per heavy atom. The Hall–Kier alpha value is -3.49. The van der Waals surface area contributed by atoms with Crippen LogP contribution in [0.3, 0.4) is 0 Å². The number of para-hydroxylation sites is 1.